The van der Waals surface area contributed by atoms with Crippen molar-refractivity contribution in [3.8, 4) is 0 Å². The Hall–Kier alpha value is -2.18. The van der Waals surface area contributed by atoms with Crippen LogP contribution in [0.15, 0.2) is 48.6 Å². The van der Waals surface area contributed by atoms with Gasteiger partial charge in [-0.05, 0) is 89.9 Å². The Morgan fingerprint density at radius 3 is 0.987 bits per heavy atom. The largest absolute Gasteiger partial charge is 0.466 e. The molecule has 0 heterocycles. The maximum atomic E-state index is 12.5. The van der Waals surface area contributed by atoms with Gasteiger partial charge in [0.05, 0.1) is 25.4 Å². The van der Waals surface area contributed by atoms with E-state index in [1.165, 1.54) is 270 Å². The Kier molecular flexibility index (Phi) is 65.4. The molecule has 0 radical (unpaired) electrons. The Labute approximate surface area is 486 Å². The molecule has 0 aliphatic rings. The van der Waals surface area contributed by atoms with Gasteiger partial charge in [0.1, 0.15) is 0 Å². The predicted molar refractivity (Wildman–Crippen MR) is 342 cm³/mol. The van der Waals surface area contributed by atoms with Gasteiger partial charge < -0.3 is 20.3 Å². The smallest absolute Gasteiger partial charge is 0.305 e. The second-order valence-electron chi connectivity index (χ2n) is 23.9. The summed E-state index contributed by atoms with van der Waals surface area (Å²) in [6.45, 7) is 4.89. The highest BCUT2D eigenvalue weighted by molar-refractivity contribution is 5.76. The van der Waals surface area contributed by atoms with Crippen LogP contribution in [0.5, 0.6) is 0 Å². The third-order valence-corrected chi connectivity index (χ3v) is 16.1. The lowest BCUT2D eigenvalue weighted by atomic mass is 10.0. The van der Waals surface area contributed by atoms with Crippen LogP contribution in [0.25, 0.3) is 0 Å². The summed E-state index contributed by atoms with van der Waals surface area (Å²) >= 11 is 0. The van der Waals surface area contributed by atoms with Crippen molar-refractivity contribution in [2.24, 2.45) is 0 Å². The fourth-order valence-electron chi connectivity index (χ4n) is 10.7. The van der Waals surface area contributed by atoms with Crippen molar-refractivity contribution in [2.45, 2.75) is 386 Å². The van der Waals surface area contributed by atoms with Crippen LogP contribution in [0.1, 0.15) is 373 Å². The van der Waals surface area contributed by atoms with E-state index in [2.05, 4.69) is 55.6 Å². The van der Waals surface area contributed by atoms with Gasteiger partial charge in [-0.25, -0.2) is 0 Å². The van der Waals surface area contributed by atoms with Crippen LogP contribution >= 0.6 is 0 Å². The van der Waals surface area contributed by atoms with Crippen molar-refractivity contribution in [1.82, 2.24) is 5.32 Å². The molecule has 0 aromatic heterocycles. The maximum absolute atomic E-state index is 12.5. The second-order valence-corrected chi connectivity index (χ2v) is 23.9. The summed E-state index contributed by atoms with van der Waals surface area (Å²) in [6, 6.07) is -0.638. The predicted octanol–water partition coefficient (Wildman–Crippen LogP) is 22.5. The molecule has 0 aliphatic heterocycles. The topological polar surface area (TPSA) is 95.9 Å². The molecule has 6 nitrogen and oxygen atoms in total. The Morgan fingerprint density at radius 2 is 0.641 bits per heavy atom. The van der Waals surface area contributed by atoms with Crippen LogP contribution < -0.4 is 5.32 Å². The fourth-order valence-corrected chi connectivity index (χ4v) is 10.7. The number of carbonyl (C=O) groups is 2. The van der Waals surface area contributed by atoms with Crippen LogP contribution in [0, 0.1) is 0 Å². The Balaban J connectivity index is 3.49. The lowest BCUT2D eigenvalue weighted by Gasteiger charge is -2.20. The summed E-state index contributed by atoms with van der Waals surface area (Å²) in [6.07, 6.45) is 87.5. The number of carbonyl (C=O) groups excluding carboxylic acids is 2. The lowest BCUT2D eigenvalue weighted by Crippen LogP contribution is -2.45. The van der Waals surface area contributed by atoms with Crippen molar-refractivity contribution in [3.63, 3.8) is 0 Å². The van der Waals surface area contributed by atoms with Gasteiger partial charge in [-0.15, -0.1) is 0 Å². The van der Waals surface area contributed by atoms with Gasteiger partial charge in [0.15, 0.2) is 0 Å². The zero-order valence-corrected chi connectivity index (χ0v) is 52.4. The number of rotatable bonds is 65. The molecule has 1 amide bonds. The van der Waals surface area contributed by atoms with Crippen LogP contribution in [0.4, 0.5) is 0 Å². The molecule has 2 unspecified atom stereocenters. The van der Waals surface area contributed by atoms with Gasteiger partial charge in [-0.3, -0.25) is 9.59 Å². The zero-order chi connectivity index (χ0) is 56.4. The number of aliphatic hydroxyl groups excluding tert-OH is 2. The van der Waals surface area contributed by atoms with Crippen molar-refractivity contribution >= 4 is 11.9 Å². The maximum Gasteiger partial charge on any atom is 0.305 e. The third kappa shape index (κ3) is 63.0. The van der Waals surface area contributed by atoms with Gasteiger partial charge in [0.2, 0.25) is 5.91 Å². The number of amides is 1. The third-order valence-electron chi connectivity index (χ3n) is 16.1. The minimum absolute atomic E-state index is 0.0166. The first-order valence-corrected chi connectivity index (χ1v) is 34.9. The second kappa shape index (κ2) is 67.3. The summed E-state index contributed by atoms with van der Waals surface area (Å²) in [5.41, 5.74) is 0. The first kappa shape index (κ1) is 75.8. The molecule has 78 heavy (non-hydrogen) atoms. The summed E-state index contributed by atoms with van der Waals surface area (Å²) in [5.74, 6) is -0.0914. The number of ether oxygens (including phenoxy) is 1. The Bertz CT molecular complexity index is 1310. The number of hydrogen-bond acceptors (Lipinski definition) is 5. The minimum atomic E-state index is -0.854. The summed E-state index contributed by atoms with van der Waals surface area (Å²) in [5, 5.41) is 23.3. The number of unbranched alkanes of at least 4 members (excludes halogenated alkanes) is 49. The van der Waals surface area contributed by atoms with Crippen molar-refractivity contribution in [3.05, 3.63) is 48.6 Å². The molecule has 2 atom stereocenters. The summed E-state index contributed by atoms with van der Waals surface area (Å²) in [7, 11) is 0. The molecule has 0 aromatic rings. The highest BCUT2D eigenvalue weighted by atomic mass is 16.5. The average Bonchev–Trinajstić information content (AvgIpc) is 3.44. The first-order chi connectivity index (χ1) is 38.5. The quantitative estimate of drug-likeness (QED) is 0.0244. The van der Waals surface area contributed by atoms with Crippen LogP contribution in [-0.2, 0) is 14.3 Å². The van der Waals surface area contributed by atoms with E-state index in [-0.39, 0.29) is 18.5 Å². The molecule has 458 valence electrons. The molecule has 0 fully saturated rings. The molecule has 0 rings (SSSR count). The van der Waals surface area contributed by atoms with Crippen molar-refractivity contribution in [2.75, 3.05) is 13.2 Å². The molecule has 6 heteroatoms. The number of allylic oxidation sites excluding steroid dienone is 7. The van der Waals surface area contributed by atoms with Crippen LogP contribution in [0.3, 0.4) is 0 Å². The van der Waals surface area contributed by atoms with E-state index in [9.17, 15) is 19.8 Å². The van der Waals surface area contributed by atoms with E-state index in [1.807, 2.05) is 6.08 Å². The monoisotopic (exact) mass is 1090 g/mol. The van der Waals surface area contributed by atoms with Gasteiger partial charge in [0.25, 0.3) is 0 Å². The summed E-state index contributed by atoms with van der Waals surface area (Å²) < 4.78 is 5.47. The first-order valence-electron chi connectivity index (χ1n) is 34.9. The summed E-state index contributed by atoms with van der Waals surface area (Å²) in [4.78, 5) is 24.6. The molecular formula is C72H135NO5. The van der Waals surface area contributed by atoms with E-state index >= 15 is 0 Å². The SMILES string of the molecule is CCCCCCCCC/C=C\CCCCCCCCCC(=O)OCCCCC/C=C\C=C/CCCCCCCCCCCCC(=O)NC(CO)C(O)/C=C/CCCCCCCCCCCCCCCCCCCCCCCC. The minimum Gasteiger partial charge on any atom is -0.466 e. The number of esters is 1. The molecule has 0 aliphatic carbocycles. The molecule has 0 bridgehead atoms. The van der Waals surface area contributed by atoms with E-state index in [0.29, 0.717) is 19.4 Å². The Morgan fingerprint density at radius 1 is 0.359 bits per heavy atom. The molecule has 0 spiro atoms. The fraction of sp³-hybridized carbons (Fsp3) is 0.861. The van der Waals surface area contributed by atoms with E-state index < -0.39 is 12.1 Å². The normalized spacial score (nSPS) is 12.8. The highest BCUT2D eigenvalue weighted by Gasteiger charge is 2.18. The van der Waals surface area contributed by atoms with Crippen molar-refractivity contribution < 1.29 is 24.5 Å². The van der Waals surface area contributed by atoms with Crippen LogP contribution in [0.2, 0.25) is 0 Å². The molecule has 0 aromatic carbocycles. The van der Waals surface area contributed by atoms with Gasteiger partial charge >= 0.3 is 5.97 Å². The van der Waals surface area contributed by atoms with Crippen LogP contribution in [-0.4, -0.2) is 47.4 Å². The lowest BCUT2D eigenvalue weighted by molar-refractivity contribution is -0.143. The van der Waals surface area contributed by atoms with Crippen molar-refractivity contribution in [1.29, 1.82) is 0 Å². The number of aliphatic hydroxyl groups is 2. The van der Waals surface area contributed by atoms with E-state index in [1.54, 1.807) is 6.08 Å². The molecule has 0 saturated carbocycles. The molecule has 3 N–H and O–H groups in total. The van der Waals surface area contributed by atoms with E-state index in [4.69, 9.17) is 4.74 Å². The number of hydrogen-bond donors (Lipinski definition) is 3. The highest BCUT2D eigenvalue weighted by Crippen LogP contribution is 2.18. The van der Waals surface area contributed by atoms with E-state index in [0.717, 1.165) is 77.0 Å². The number of nitrogens with one attached hydrogen (secondary N) is 1. The molecule has 0 saturated heterocycles. The van der Waals surface area contributed by atoms with Gasteiger partial charge in [-0.1, -0.05) is 319 Å². The zero-order valence-electron chi connectivity index (χ0n) is 52.4. The van der Waals surface area contributed by atoms with Gasteiger partial charge in [0, 0.05) is 12.8 Å². The molecular weight excluding hydrogens is 959 g/mol. The average molecular weight is 1090 g/mol. The van der Waals surface area contributed by atoms with Gasteiger partial charge in [-0.2, -0.15) is 0 Å². The standard InChI is InChI=1S/C72H135NO5/c1-3-5-7-9-11-13-15-17-19-21-23-24-25-26-27-29-32-36-40-44-48-52-56-60-64-70(75)69(68-74)73-71(76)65-61-57-53-49-45-41-37-33-30-28-31-35-39-43-47-51-55-59-63-67-78-72(77)66-62-58-54-50-46-42-38-34-22-20-18-16-14-12-10-8-6-4-2/h20,22,35,39,43,47,60,64,69-70,74-75H,3-19,21,23-34,36-38,40-42,44-46,48-59,61-63,65-68H2,1-2H3,(H,73,76)/b22-20-,39-35-,47-43-,64-60+.